The van der Waals surface area contributed by atoms with Crippen molar-refractivity contribution in [1.29, 1.82) is 0 Å². The van der Waals surface area contributed by atoms with Gasteiger partial charge in [0, 0.05) is 21.4 Å². The van der Waals surface area contributed by atoms with Gasteiger partial charge in [-0.25, -0.2) is 0 Å². The minimum absolute atomic E-state index is 0.639. The number of nitrogens with two attached hydrogens (primary N) is 1. The molecule has 2 N–H and O–H groups in total. The van der Waals surface area contributed by atoms with Gasteiger partial charge in [-0.1, -0.05) is 23.7 Å². The Labute approximate surface area is 122 Å². The third kappa shape index (κ3) is 4.37. The van der Waals surface area contributed by atoms with E-state index in [0.29, 0.717) is 11.6 Å². The minimum Gasteiger partial charge on any atom is -0.493 e. The second kappa shape index (κ2) is 6.73. The van der Waals surface area contributed by atoms with Gasteiger partial charge in [-0.15, -0.1) is 11.8 Å². The van der Waals surface area contributed by atoms with E-state index in [1.165, 1.54) is 5.56 Å². The number of rotatable bonds is 5. The Bertz CT molecular complexity index is 560. The Morgan fingerprint density at radius 2 is 2.05 bits per heavy atom. The molecule has 2 aromatic carbocycles. The van der Waals surface area contributed by atoms with Crippen molar-refractivity contribution in [1.82, 2.24) is 0 Å². The normalized spacial score (nSPS) is 10.4. The van der Waals surface area contributed by atoms with Gasteiger partial charge in [0.05, 0.1) is 6.61 Å². The molecule has 0 spiro atoms. The summed E-state index contributed by atoms with van der Waals surface area (Å²) in [6.45, 7) is 2.69. The topological polar surface area (TPSA) is 35.2 Å². The molecule has 2 rings (SSSR count). The molecule has 0 saturated carbocycles. The lowest BCUT2D eigenvalue weighted by Gasteiger charge is -2.08. The van der Waals surface area contributed by atoms with Crippen LogP contribution in [0.4, 0.5) is 5.69 Å². The van der Waals surface area contributed by atoms with Gasteiger partial charge in [-0.05, 0) is 42.8 Å². The van der Waals surface area contributed by atoms with Crippen molar-refractivity contribution >= 4 is 29.1 Å². The molecule has 0 bridgehead atoms. The van der Waals surface area contributed by atoms with Crippen molar-refractivity contribution in [3.8, 4) is 5.75 Å². The van der Waals surface area contributed by atoms with Crippen molar-refractivity contribution in [3.63, 3.8) is 0 Å². The standard InChI is InChI=1S/C15H16ClNOS/c1-11-3-2-4-13(9-11)18-7-8-19-15-10-12(16)5-6-14(15)17/h2-6,9-10H,7-8,17H2,1H3. The lowest BCUT2D eigenvalue weighted by atomic mass is 10.2. The first-order chi connectivity index (χ1) is 9.15. The highest BCUT2D eigenvalue weighted by Gasteiger charge is 2.01. The van der Waals surface area contributed by atoms with Crippen LogP contribution in [0.1, 0.15) is 5.56 Å². The second-order valence-corrected chi connectivity index (χ2v) is 5.77. The lowest BCUT2D eigenvalue weighted by molar-refractivity contribution is 0.344. The average molecular weight is 294 g/mol. The van der Waals surface area contributed by atoms with Crippen molar-refractivity contribution in [3.05, 3.63) is 53.1 Å². The maximum atomic E-state index is 5.94. The monoisotopic (exact) mass is 293 g/mol. The van der Waals surface area contributed by atoms with E-state index in [9.17, 15) is 0 Å². The molecule has 0 aliphatic heterocycles. The molecule has 0 saturated heterocycles. The molecule has 0 aliphatic rings. The molecule has 0 heterocycles. The fourth-order valence-corrected chi connectivity index (χ4v) is 2.72. The summed E-state index contributed by atoms with van der Waals surface area (Å²) in [7, 11) is 0. The van der Waals surface area contributed by atoms with Gasteiger partial charge >= 0.3 is 0 Å². The molecule has 0 atom stereocenters. The largest absolute Gasteiger partial charge is 0.493 e. The molecular formula is C15H16ClNOS. The minimum atomic E-state index is 0.639. The van der Waals surface area contributed by atoms with Gasteiger partial charge in [0.1, 0.15) is 5.75 Å². The molecule has 19 heavy (non-hydrogen) atoms. The first kappa shape index (κ1) is 14.1. The summed E-state index contributed by atoms with van der Waals surface area (Å²) in [6, 6.07) is 13.5. The molecule has 100 valence electrons. The third-order valence-corrected chi connectivity index (χ3v) is 3.85. The SMILES string of the molecule is Cc1cccc(OCCSc2cc(Cl)ccc2N)c1. The molecule has 0 aromatic heterocycles. The van der Waals surface area contributed by atoms with E-state index in [1.54, 1.807) is 17.8 Å². The zero-order chi connectivity index (χ0) is 13.7. The van der Waals surface area contributed by atoms with E-state index < -0.39 is 0 Å². The number of ether oxygens (including phenoxy) is 1. The van der Waals surface area contributed by atoms with Gasteiger partial charge in [-0.2, -0.15) is 0 Å². The Kier molecular flexibility index (Phi) is 5.00. The molecule has 0 amide bonds. The third-order valence-electron chi connectivity index (χ3n) is 2.57. The number of anilines is 1. The van der Waals surface area contributed by atoms with E-state index in [-0.39, 0.29) is 0 Å². The first-order valence-corrected chi connectivity index (χ1v) is 7.39. The number of halogens is 1. The summed E-state index contributed by atoms with van der Waals surface area (Å²) in [5, 5.41) is 0.705. The van der Waals surface area contributed by atoms with Gasteiger partial charge in [0.15, 0.2) is 0 Å². The van der Waals surface area contributed by atoms with E-state index in [1.807, 2.05) is 43.3 Å². The van der Waals surface area contributed by atoms with E-state index in [4.69, 9.17) is 22.1 Å². The van der Waals surface area contributed by atoms with Gasteiger partial charge in [-0.3, -0.25) is 0 Å². The smallest absolute Gasteiger partial charge is 0.119 e. The summed E-state index contributed by atoms with van der Waals surface area (Å²) in [5.74, 6) is 1.73. The molecule has 0 radical (unpaired) electrons. The fourth-order valence-electron chi connectivity index (χ4n) is 1.65. The number of aryl methyl sites for hydroxylation is 1. The highest BCUT2D eigenvalue weighted by molar-refractivity contribution is 7.99. The summed E-state index contributed by atoms with van der Waals surface area (Å²) in [5.41, 5.74) is 7.84. The summed E-state index contributed by atoms with van der Waals surface area (Å²) >= 11 is 7.59. The zero-order valence-electron chi connectivity index (χ0n) is 10.7. The highest BCUT2D eigenvalue weighted by atomic mass is 35.5. The van der Waals surface area contributed by atoms with Crippen LogP contribution in [0.5, 0.6) is 5.75 Å². The van der Waals surface area contributed by atoms with Gasteiger partial charge in [0.25, 0.3) is 0 Å². The van der Waals surface area contributed by atoms with Crippen molar-refractivity contribution < 1.29 is 4.74 Å². The second-order valence-electron chi connectivity index (χ2n) is 4.20. The van der Waals surface area contributed by atoms with Gasteiger partial charge < -0.3 is 10.5 Å². The predicted molar refractivity (Wildman–Crippen MR) is 83.3 cm³/mol. The quantitative estimate of drug-likeness (QED) is 0.504. The predicted octanol–water partition coefficient (Wildman–Crippen LogP) is 4.40. The fraction of sp³-hybridized carbons (Fsp3) is 0.200. The highest BCUT2D eigenvalue weighted by Crippen LogP contribution is 2.28. The summed E-state index contributed by atoms with van der Waals surface area (Å²) in [4.78, 5) is 1.00. The average Bonchev–Trinajstić information content (AvgIpc) is 2.39. The lowest BCUT2D eigenvalue weighted by Crippen LogP contribution is -2.00. The van der Waals surface area contributed by atoms with Crippen LogP contribution in [0.2, 0.25) is 5.02 Å². The molecular weight excluding hydrogens is 278 g/mol. The van der Waals surface area contributed by atoms with Crippen LogP contribution in [0.15, 0.2) is 47.4 Å². The van der Waals surface area contributed by atoms with Crippen LogP contribution in [-0.2, 0) is 0 Å². The van der Waals surface area contributed by atoms with E-state index in [2.05, 4.69) is 0 Å². The van der Waals surface area contributed by atoms with Gasteiger partial charge in [0.2, 0.25) is 0 Å². The Morgan fingerprint density at radius 1 is 1.21 bits per heavy atom. The number of hydrogen-bond acceptors (Lipinski definition) is 3. The number of hydrogen-bond donors (Lipinski definition) is 1. The van der Waals surface area contributed by atoms with Crippen molar-refractivity contribution in [2.75, 3.05) is 18.1 Å². The van der Waals surface area contributed by atoms with Crippen LogP contribution >= 0.6 is 23.4 Å². The first-order valence-electron chi connectivity index (χ1n) is 6.02. The van der Waals surface area contributed by atoms with Crippen LogP contribution in [0.3, 0.4) is 0 Å². The molecule has 0 fully saturated rings. The molecule has 4 heteroatoms. The Balaban J connectivity index is 1.82. The maximum absolute atomic E-state index is 5.94. The summed E-state index contributed by atoms with van der Waals surface area (Å²) in [6.07, 6.45) is 0. The molecule has 2 nitrogen and oxygen atoms in total. The van der Waals surface area contributed by atoms with Crippen molar-refractivity contribution in [2.45, 2.75) is 11.8 Å². The Morgan fingerprint density at radius 3 is 2.84 bits per heavy atom. The maximum Gasteiger partial charge on any atom is 0.119 e. The molecule has 2 aromatic rings. The van der Waals surface area contributed by atoms with E-state index in [0.717, 1.165) is 22.1 Å². The van der Waals surface area contributed by atoms with Crippen molar-refractivity contribution in [2.24, 2.45) is 0 Å². The van der Waals surface area contributed by atoms with Crippen LogP contribution in [0, 0.1) is 6.92 Å². The Hall–Kier alpha value is -1.32. The number of thioether (sulfide) groups is 1. The van der Waals surface area contributed by atoms with Crippen LogP contribution in [-0.4, -0.2) is 12.4 Å². The van der Waals surface area contributed by atoms with Crippen LogP contribution in [0.25, 0.3) is 0 Å². The van der Waals surface area contributed by atoms with Crippen LogP contribution < -0.4 is 10.5 Å². The molecule has 0 unspecified atom stereocenters. The number of benzene rings is 2. The summed E-state index contributed by atoms with van der Waals surface area (Å²) < 4.78 is 5.68. The van der Waals surface area contributed by atoms with E-state index >= 15 is 0 Å². The molecule has 0 aliphatic carbocycles. The zero-order valence-corrected chi connectivity index (χ0v) is 12.3. The number of nitrogen functional groups attached to an aromatic ring is 1.